The number of aldehydes is 1. The van der Waals surface area contributed by atoms with E-state index in [0.29, 0.717) is 6.07 Å². The van der Waals surface area contributed by atoms with E-state index < -0.39 is 28.4 Å². The van der Waals surface area contributed by atoms with Crippen molar-refractivity contribution in [3.05, 3.63) is 27.6 Å². The number of rotatable bonds is 3. The molecule has 0 saturated carbocycles. The normalized spacial score (nSPS) is 10.3. The highest BCUT2D eigenvalue weighted by molar-refractivity contribution is 5.81. The number of hydrogen-bond donors (Lipinski definition) is 1. The highest BCUT2D eigenvalue weighted by atomic mass is 19.3. The Morgan fingerprint density at radius 1 is 1.60 bits per heavy atom. The van der Waals surface area contributed by atoms with Crippen molar-refractivity contribution in [1.29, 1.82) is 0 Å². The summed E-state index contributed by atoms with van der Waals surface area (Å²) >= 11 is 0. The first-order valence-corrected chi connectivity index (χ1v) is 3.65. The lowest BCUT2D eigenvalue weighted by atomic mass is 10.2. The van der Waals surface area contributed by atoms with Crippen LogP contribution in [0.5, 0.6) is 0 Å². The fourth-order valence-corrected chi connectivity index (χ4v) is 0.948. The number of alkyl halides is 2. The van der Waals surface area contributed by atoms with E-state index in [1.54, 1.807) is 0 Å². The molecular weight excluding hydrogens is 212 g/mol. The minimum absolute atomic E-state index is 0.158. The van der Waals surface area contributed by atoms with Gasteiger partial charge in [-0.05, 0) is 0 Å². The summed E-state index contributed by atoms with van der Waals surface area (Å²) in [6, 6.07) is 0.693. The Bertz CT molecular complexity index is 422. The number of nitrogens with zero attached hydrogens (tertiary/aromatic N) is 2. The van der Waals surface area contributed by atoms with Crippen molar-refractivity contribution >= 4 is 17.7 Å². The molecule has 0 fully saturated rings. The van der Waals surface area contributed by atoms with Crippen LogP contribution in [0, 0.1) is 10.1 Å². The molecule has 1 aromatic rings. The second kappa shape index (κ2) is 3.95. The van der Waals surface area contributed by atoms with Crippen molar-refractivity contribution in [2.45, 2.75) is 6.43 Å². The van der Waals surface area contributed by atoms with Crippen LogP contribution < -0.4 is 5.73 Å². The molecule has 0 aliphatic carbocycles. The van der Waals surface area contributed by atoms with E-state index in [0.717, 1.165) is 0 Å². The number of nitrogen functional groups attached to an aromatic ring is 1. The summed E-state index contributed by atoms with van der Waals surface area (Å²) in [5.41, 5.74) is 2.50. The summed E-state index contributed by atoms with van der Waals surface area (Å²) in [4.78, 5) is 22.8. The average molecular weight is 217 g/mol. The van der Waals surface area contributed by atoms with Gasteiger partial charge in [-0.15, -0.1) is 0 Å². The van der Waals surface area contributed by atoms with Gasteiger partial charge in [-0.25, -0.2) is 13.8 Å². The summed E-state index contributed by atoms with van der Waals surface area (Å²) in [5, 5.41) is 10.4. The Kier molecular flexibility index (Phi) is 2.88. The van der Waals surface area contributed by atoms with Gasteiger partial charge >= 0.3 is 0 Å². The van der Waals surface area contributed by atoms with Crippen LogP contribution in [0.4, 0.5) is 20.2 Å². The van der Waals surface area contributed by atoms with Gasteiger partial charge in [-0.2, -0.15) is 0 Å². The number of hydrogen-bond acceptors (Lipinski definition) is 5. The summed E-state index contributed by atoms with van der Waals surface area (Å²) in [5.74, 6) is 0. The molecule has 6 nitrogen and oxygen atoms in total. The maximum atomic E-state index is 12.3. The number of halogens is 2. The minimum Gasteiger partial charge on any atom is -0.397 e. The van der Waals surface area contributed by atoms with E-state index in [1.165, 1.54) is 0 Å². The zero-order chi connectivity index (χ0) is 11.6. The highest BCUT2D eigenvalue weighted by Crippen LogP contribution is 2.29. The molecule has 0 bridgehead atoms. The summed E-state index contributed by atoms with van der Waals surface area (Å²) in [6.07, 6.45) is -2.98. The molecule has 1 heterocycles. The van der Waals surface area contributed by atoms with Crippen LogP contribution in [0.2, 0.25) is 0 Å². The van der Waals surface area contributed by atoms with Gasteiger partial charge in [-0.1, -0.05) is 0 Å². The molecule has 1 aromatic heterocycles. The largest absolute Gasteiger partial charge is 0.397 e. The van der Waals surface area contributed by atoms with Crippen molar-refractivity contribution in [3.8, 4) is 0 Å². The topological polar surface area (TPSA) is 99.1 Å². The third-order valence-electron chi connectivity index (χ3n) is 1.61. The summed E-state index contributed by atoms with van der Waals surface area (Å²) in [7, 11) is 0. The third kappa shape index (κ3) is 2.03. The number of pyridine rings is 1. The molecule has 80 valence electrons. The Morgan fingerprint density at radius 3 is 2.60 bits per heavy atom. The lowest BCUT2D eigenvalue weighted by Gasteiger charge is -2.03. The van der Waals surface area contributed by atoms with Crippen LogP contribution >= 0.6 is 0 Å². The zero-order valence-corrected chi connectivity index (χ0v) is 7.18. The molecule has 0 unspecified atom stereocenters. The quantitative estimate of drug-likeness (QED) is 0.467. The zero-order valence-electron chi connectivity index (χ0n) is 7.18. The van der Waals surface area contributed by atoms with E-state index in [4.69, 9.17) is 5.73 Å². The average Bonchev–Trinajstić information content (AvgIpc) is 2.16. The Balaban J connectivity index is 3.45. The van der Waals surface area contributed by atoms with Crippen LogP contribution in [-0.2, 0) is 0 Å². The lowest BCUT2D eigenvalue weighted by Crippen LogP contribution is -2.05. The maximum absolute atomic E-state index is 12.3. The molecule has 0 amide bonds. The molecular formula is C7H5F2N3O3. The predicted octanol–water partition coefficient (Wildman–Crippen LogP) is 1.32. The SMILES string of the molecule is Nc1cc([N+](=O)[O-])c(C(F)F)nc1C=O. The van der Waals surface area contributed by atoms with Gasteiger partial charge in [0.15, 0.2) is 12.0 Å². The van der Waals surface area contributed by atoms with E-state index in [1.807, 2.05) is 0 Å². The Hall–Kier alpha value is -2.12. The maximum Gasteiger partial charge on any atom is 0.298 e. The number of carbonyl (C=O) groups excluding carboxylic acids is 1. The number of nitro groups is 1. The van der Waals surface area contributed by atoms with E-state index in [2.05, 4.69) is 4.98 Å². The molecule has 0 saturated heterocycles. The standard InChI is InChI=1S/C7H5F2N3O3/c8-7(9)6-5(12(14)15)1-3(10)4(2-13)11-6/h1-2,7H,10H2. The smallest absolute Gasteiger partial charge is 0.298 e. The highest BCUT2D eigenvalue weighted by Gasteiger charge is 2.25. The molecule has 0 spiro atoms. The van der Waals surface area contributed by atoms with Gasteiger partial charge in [0.1, 0.15) is 5.69 Å². The monoisotopic (exact) mass is 217 g/mol. The Morgan fingerprint density at radius 2 is 2.20 bits per heavy atom. The number of aromatic nitrogens is 1. The molecule has 0 radical (unpaired) electrons. The van der Waals surface area contributed by atoms with Crippen LogP contribution in [0.1, 0.15) is 22.6 Å². The molecule has 0 aliphatic heterocycles. The van der Waals surface area contributed by atoms with Crippen LogP contribution in [0.25, 0.3) is 0 Å². The first-order chi connectivity index (χ1) is 6.97. The molecule has 0 aliphatic rings. The van der Waals surface area contributed by atoms with Crippen LogP contribution in [0.3, 0.4) is 0 Å². The van der Waals surface area contributed by atoms with Crippen molar-refractivity contribution in [3.63, 3.8) is 0 Å². The Labute approximate surface area is 81.9 Å². The van der Waals surface area contributed by atoms with Crippen molar-refractivity contribution in [2.75, 3.05) is 5.73 Å². The van der Waals surface area contributed by atoms with E-state index in [9.17, 15) is 23.7 Å². The lowest BCUT2D eigenvalue weighted by molar-refractivity contribution is -0.386. The second-order valence-corrected chi connectivity index (χ2v) is 2.54. The van der Waals surface area contributed by atoms with Crippen LogP contribution in [0.15, 0.2) is 6.07 Å². The molecule has 15 heavy (non-hydrogen) atoms. The summed E-state index contributed by atoms with van der Waals surface area (Å²) < 4.78 is 24.6. The number of carbonyl (C=O) groups is 1. The first kappa shape index (κ1) is 11.0. The molecule has 0 atom stereocenters. The third-order valence-corrected chi connectivity index (χ3v) is 1.61. The van der Waals surface area contributed by atoms with Gasteiger partial charge < -0.3 is 5.73 Å². The number of nitrogens with two attached hydrogens (primary N) is 1. The van der Waals surface area contributed by atoms with Crippen LogP contribution in [-0.4, -0.2) is 16.2 Å². The second-order valence-electron chi connectivity index (χ2n) is 2.54. The van der Waals surface area contributed by atoms with Gasteiger partial charge in [0.2, 0.25) is 0 Å². The van der Waals surface area contributed by atoms with Crippen molar-refractivity contribution < 1.29 is 18.5 Å². The molecule has 2 N–H and O–H groups in total. The van der Waals surface area contributed by atoms with Gasteiger partial charge in [0.05, 0.1) is 10.6 Å². The minimum atomic E-state index is -3.13. The van der Waals surface area contributed by atoms with E-state index >= 15 is 0 Å². The van der Waals surface area contributed by atoms with Gasteiger partial charge in [-0.3, -0.25) is 14.9 Å². The van der Waals surface area contributed by atoms with Gasteiger partial charge in [0, 0.05) is 6.07 Å². The predicted molar refractivity (Wildman–Crippen MR) is 45.6 cm³/mol. The first-order valence-electron chi connectivity index (χ1n) is 3.65. The van der Waals surface area contributed by atoms with E-state index in [-0.39, 0.29) is 12.0 Å². The van der Waals surface area contributed by atoms with Gasteiger partial charge in [0.25, 0.3) is 12.1 Å². The fourth-order valence-electron chi connectivity index (χ4n) is 0.948. The molecule has 0 aromatic carbocycles. The van der Waals surface area contributed by atoms with Crippen molar-refractivity contribution in [2.24, 2.45) is 0 Å². The number of anilines is 1. The fraction of sp³-hybridized carbons (Fsp3) is 0.143. The summed E-state index contributed by atoms with van der Waals surface area (Å²) in [6.45, 7) is 0. The van der Waals surface area contributed by atoms with Crippen molar-refractivity contribution in [1.82, 2.24) is 4.98 Å². The molecule has 8 heteroatoms. The molecule has 1 rings (SSSR count).